The standard InChI is InChI=1S/C15H27F3N4O.HI/c1-3-19-14(21(2)8-12-5-7-23-10-12)20-13-4-6-22(9-13)11-15(16,17)18;/h12-13H,3-11H2,1-2H3,(H,19,20);1H. The minimum atomic E-state index is -4.13. The molecule has 1 N–H and O–H groups in total. The first kappa shape index (κ1) is 21.8. The Morgan fingerprint density at radius 1 is 1.38 bits per heavy atom. The monoisotopic (exact) mass is 464 g/mol. The minimum Gasteiger partial charge on any atom is -0.381 e. The number of hydrogen-bond donors (Lipinski definition) is 1. The van der Waals surface area contributed by atoms with Gasteiger partial charge in [0.05, 0.1) is 13.2 Å². The van der Waals surface area contributed by atoms with Crippen molar-refractivity contribution in [3.05, 3.63) is 0 Å². The van der Waals surface area contributed by atoms with Crippen molar-refractivity contribution in [1.29, 1.82) is 0 Å². The molecular formula is C15H28F3IN4O. The molecule has 2 unspecified atom stereocenters. The van der Waals surface area contributed by atoms with Gasteiger partial charge in [0, 0.05) is 51.8 Å². The molecule has 0 radical (unpaired) electrons. The van der Waals surface area contributed by atoms with Gasteiger partial charge in [0.1, 0.15) is 0 Å². The quantitative estimate of drug-likeness (QED) is 0.385. The van der Waals surface area contributed by atoms with Gasteiger partial charge in [-0.15, -0.1) is 24.0 Å². The van der Waals surface area contributed by atoms with Crippen LogP contribution < -0.4 is 5.32 Å². The van der Waals surface area contributed by atoms with Gasteiger partial charge in [-0.2, -0.15) is 13.2 Å². The summed E-state index contributed by atoms with van der Waals surface area (Å²) in [6.07, 6.45) is -2.37. The molecule has 0 amide bonds. The van der Waals surface area contributed by atoms with E-state index in [9.17, 15) is 13.2 Å². The highest BCUT2D eigenvalue weighted by Gasteiger charge is 2.34. The van der Waals surface area contributed by atoms with E-state index >= 15 is 0 Å². The third-order valence-corrected chi connectivity index (χ3v) is 4.23. The van der Waals surface area contributed by atoms with Crippen molar-refractivity contribution in [2.24, 2.45) is 10.9 Å². The molecule has 0 aliphatic carbocycles. The van der Waals surface area contributed by atoms with Crippen LogP contribution in [0.25, 0.3) is 0 Å². The highest BCUT2D eigenvalue weighted by molar-refractivity contribution is 14.0. The summed E-state index contributed by atoms with van der Waals surface area (Å²) in [4.78, 5) is 7.99. The molecule has 24 heavy (non-hydrogen) atoms. The van der Waals surface area contributed by atoms with Crippen molar-refractivity contribution in [1.82, 2.24) is 15.1 Å². The molecule has 2 atom stereocenters. The molecule has 2 rings (SSSR count). The number of ether oxygens (including phenoxy) is 1. The zero-order valence-electron chi connectivity index (χ0n) is 14.3. The van der Waals surface area contributed by atoms with Gasteiger partial charge in [0.25, 0.3) is 0 Å². The number of rotatable bonds is 5. The van der Waals surface area contributed by atoms with Crippen molar-refractivity contribution in [3.63, 3.8) is 0 Å². The smallest absolute Gasteiger partial charge is 0.381 e. The number of nitrogens with zero attached hydrogens (tertiary/aromatic N) is 3. The zero-order valence-corrected chi connectivity index (χ0v) is 16.6. The van der Waals surface area contributed by atoms with Gasteiger partial charge in [-0.05, 0) is 19.8 Å². The van der Waals surface area contributed by atoms with E-state index in [1.54, 1.807) is 0 Å². The highest BCUT2D eigenvalue weighted by atomic mass is 127. The third-order valence-electron chi connectivity index (χ3n) is 4.23. The number of aliphatic imine (C=N–C) groups is 1. The van der Waals surface area contributed by atoms with Crippen LogP contribution >= 0.6 is 24.0 Å². The summed E-state index contributed by atoms with van der Waals surface area (Å²) in [5, 5.41) is 3.33. The number of alkyl halides is 3. The molecule has 2 fully saturated rings. The summed E-state index contributed by atoms with van der Waals surface area (Å²) < 4.78 is 42.8. The van der Waals surface area contributed by atoms with E-state index in [0.29, 0.717) is 32.0 Å². The van der Waals surface area contributed by atoms with Gasteiger partial charge in [-0.25, -0.2) is 0 Å². The lowest BCUT2D eigenvalue weighted by atomic mass is 10.1. The molecule has 0 aromatic carbocycles. The van der Waals surface area contributed by atoms with Crippen LogP contribution in [0.1, 0.15) is 19.8 Å². The molecule has 5 nitrogen and oxygen atoms in total. The highest BCUT2D eigenvalue weighted by Crippen LogP contribution is 2.20. The van der Waals surface area contributed by atoms with Crippen molar-refractivity contribution in [2.45, 2.75) is 32.0 Å². The van der Waals surface area contributed by atoms with Crippen LogP contribution in [-0.2, 0) is 4.74 Å². The molecule has 142 valence electrons. The Hall–Kier alpha value is -0.290. The molecule has 0 spiro atoms. The van der Waals surface area contributed by atoms with E-state index < -0.39 is 12.7 Å². The second-order valence-corrected chi connectivity index (χ2v) is 6.39. The Kier molecular flexibility index (Phi) is 9.07. The van der Waals surface area contributed by atoms with Gasteiger partial charge < -0.3 is 15.0 Å². The van der Waals surface area contributed by atoms with Gasteiger partial charge >= 0.3 is 6.18 Å². The van der Waals surface area contributed by atoms with Crippen LogP contribution in [-0.4, -0.2) is 81.0 Å². The Labute approximate surface area is 159 Å². The summed E-state index contributed by atoms with van der Waals surface area (Å²) in [7, 11) is 1.97. The van der Waals surface area contributed by atoms with Gasteiger partial charge in [0.2, 0.25) is 0 Å². The van der Waals surface area contributed by atoms with Crippen LogP contribution in [0.3, 0.4) is 0 Å². The molecule has 2 saturated heterocycles. The number of nitrogens with one attached hydrogen (secondary N) is 1. The zero-order chi connectivity index (χ0) is 16.9. The molecule has 2 heterocycles. The Morgan fingerprint density at radius 2 is 2.12 bits per heavy atom. The summed E-state index contributed by atoms with van der Waals surface area (Å²) in [5.41, 5.74) is 0. The predicted molar refractivity (Wildman–Crippen MR) is 99.0 cm³/mol. The lowest BCUT2D eigenvalue weighted by molar-refractivity contribution is -0.143. The van der Waals surface area contributed by atoms with Crippen molar-refractivity contribution in [3.8, 4) is 0 Å². The van der Waals surface area contributed by atoms with Crippen molar-refractivity contribution < 1.29 is 17.9 Å². The van der Waals surface area contributed by atoms with E-state index in [1.165, 1.54) is 4.90 Å². The van der Waals surface area contributed by atoms with E-state index in [0.717, 1.165) is 32.1 Å². The number of guanidine groups is 1. The second kappa shape index (κ2) is 10.0. The normalized spacial score (nSPS) is 25.6. The van der Waals surface area contributed by atoms with Crippen LogP contribution in [0.5, 0.6) is 0 Å². The molecule has 0 aromatic rings. The molecule has 2 aliphatic rings. The molecule has 0 aromatic heterocycles. The second-order valence-electron chi connectivity index (χ2n) is 6.39. The summed E-state index contributed by atoms with van der Waals surface area (Å²) in [6, 6.07) is 0.0185. The summed E-state index contributed by atoms with van der Waals surface area (Å²) in [5.74, 6) is 1.27. The largest absolute Gasteiger partial charge is 0.401 e. The first-order chi connectivity index (χ1) is 10.9. The van der Waals surface area contributed by atoms with Crippen LogP contribution in [0.4, 0.5) is 13.2 Å². The van der Waals surface area contributed by atoms with Gasteiger partial charge in [-0.3, -0.25) is 9.89 Å². The SMILES string of the molecule is CCN=C(NC1CCN(CC(F)(F)F)C1)N(C)CC1CCOC1.I. The fourth-order valence-corrected chi connectivity index (χ4v) is 3.16. The molecule has 0 bridgehead atoms. The van der Waals surface area contributed by atoms with Crippen molar-refractivity contribution in [2.75, 3.05) is 53.0 Å². The molecular weight excluding hydrogens is 436 g/mol. The van der Waals surface area contributed by atoms with Crippen LogP contribution in [0.15, 0.2) is 4.99 Å². The van der Waals surface area contributed by atoms with Gasteiger partial charge in [-0.1, -0.05) is 0 Å². The maximum atomic E-state index is 12.5. The van der Waals surface area contributed by atoms with Crippen molar-refractivity contribution >= 4 is 29.9 Å². The Balaban J connectivity index is 0.00000288. The first-order valence-electron chi connectivity index (χ1n) is 8.26. The number of likely N-dealkylation sites (tertiary alicyclic amines) is 1. The topological polar surface area (TPSA) is 40.1 Å². The Morgan fingerprint density at radius 3 is 2.71 bits per heavy atom. The summed E-state index contributed by atoms with van der Waals surface area (Å²) >= 11 is 0. The van der Waals surface area contributed by atoms with E-state index in [4.69, 9.17) is 4.74 Å². The lowest BCUT2D eigenvalue weighted by Crippen LogP contribution is -2.47. The average Bonchev–Trinajstić information content (AvgIpc) is 3.08. The Bertz CT molecular complexity index is 403. The number of halogens is 4. The maximum Gasteiger partial charge on any atom is 0.401 e. The number of hydrogen-bond acceptors (Lipinski definition) is 3. The van der Waals surface area contributed by atoms with E-state index in [1.807, 2.05) is 14.0 Å². The van der Waals surface area contributed by atoms with E-state index in [-0.39, 0.29) is 30.0 Å². The average molecular weight is 464 g/mol. The predicted octanol–water partition coefficient (Wildman–Crippen LogP) is 2.17. The molecule has 2 aliphatic heterocycles. The van der Waals surface area contributed by atoms with Crippen LogP contribution in [0.2, 0.25) is 0 Å². The fourth-order valence-electron chi connectivity index (χ4n) is 3.16. The fraction of sp³-hybridized carbons (Fsp3) is 0.933. The summed E-state index contributed by atoms with van der Waals surface area (Å²) in [6.45, 7) is 5.07. The minimum absolute atomic E-state index is 0. The molecule has 9 heteroatoms. The lowest BCUT2D eigenvalue weighted by Gasteiger charge is -2.27. The molecule has 0 saturated carbocycles. The maximum absolute atomic E-state index is 12.5. The van der Waals surface area contributed by atoms with E-state index in [2.05, 4.69) is 15.2 Å². The van der Waals surface area contributed by atoms with Gasteiger partial charge in [0.15, 0.2) is 5.96 Å². The third kappa shape index (κ3) is 7.30. The first-order valence-corrected chi connectivity index (χ1v) is 8.26. The van der Waals surface area contributed by atoms with Crippen LogP contribution in [0, 0.1) is 5.92 Å².